The molecule has 0 fully saturated rings. The van der Waals surface area contributed by atoms with Gasteiger partial charge in [-0.05, 0) is 30.4 Å². The minimum Gasteiger partial charge on any atom is -0.264 e. The number of rotatable bonds is 0. The maximum atomic E-state index is 4.15. The van der Waals surface area contributed by atoms with Gasteiger partial charge in [-0.15, -0.1) is 0 Å². The van der Waals surface area contributed by atoms with Crippen LogP contribution in [0, 0.1) is 13.8 Å². The van der Waals surface area contributed by atoms with Crippen LogP contribution in [0.2, 0.25) is 0 Å². The first-order valence-corrected chi connectivity index (χ1v) is 6.09. The molecule has 0 spiro atoms. The Morgan fingerprint density at radius 3 is 2.00 bits per heavy atom. The van der Waals surface area contributed by atoms with Crippen LogP contribution in [0.25, 0.3) is 10.8 Å². The van der Waals surface area contributed by atoms with Gasteiger partial charge in [0.05, 0.1) is 0 Å². The van der Waals surface area contributed by atoms with E-state index in [4.69, 9.17) is 0 Å². The monoisotopic (exact) mass is 217 g/mol. The molecule has 0 bridgehead atoms. The van der Waals surface area contributed by atoms with Crippen LogP contribution < -0.4 is 0 Å². The zero-order valence-corrected chi connectivity index (χ0v) is 11.3. The van der Waals surface area contributed by atoms with E-state index in [0.29, 0.717) is 0 Å². The lowest BCUT2D eigenvalue weighted by Crippen LogP contribution is -1.83. The molecule has 1 nitrogen and oxygen atoms in total. The molecular formula is C15H23N. The van der Waals surface area contributed by atoms with Crippen molar-refractivity contribution in [3.05, 3.63) is 41.7 Å². The minimum atomic E-state index is 1.23. The summed E-state index contributed by atoms with van der Waals surface area (Å²) in [5, 5.41) is 2.57. The van der Waals surface area contributed by atoms with Gasteiger partial charge in [0.2, 0.25) is 0 Å². The second-order valence-electron chi connectivity index (χ2n) is 3.13. The van der Waals surface area contributed by atoms with Gasteiger partial charge in [-0.2, -0.15) is 0 Å². The van der Waals surface area contributed by atoms with Gasteiger partial charge in [-0.1, -0.05) is 45.9 Å². The molecule has 1 heterocycles. The molecule has 1 aromatic heterocycles. The lowest BCUT2D eigenvalue weighted by Gasteiger charge is -2.03. The Bertz CT molecular complexity index is 382. The third kappa shape index (κ3) is 3.34. The van der Waals surface area contributed by atoms with E-state index in [1.807, 2.05) is 40.1 Å². The van der Waals surface area contributed by atoms with Crippen LogP contribution in [0.1, 0.15) is 38.8 Å². The second-order valence-corrected chi connectivity index (χ2v) is 3.13. The fourth-order valence-electron chi connectivity index (χ4n) is 1.63. The predicted molar refractivity (Wildman–Crippen MR) is 73.9 cm³/mol. The van der Waals surface area contributed by atoms with Gasteiger partial charge >= 0.3 is 0 Å². The number of benzene rings is 1. The predicted octanol–water partition coefficient (Wildman–Crippen LogP) is 4.90. The molecule has 2 aromatic rings. The second kappa shape index (κ2) is 7.86. The lowest BCUT2D eigenvalue weighted by atomic mass is 10.0. The van der Waals surface area contributed by atoms with Crippen molar-refractivity contribution in [2.75, 3.05) is 0 Å². The van der Waals surface area contributed by atoms with Crippen molar-refractivity contribution in [1.82, 2.24) is 4.98 Å². The molecule has 1 heteroatoms. The number of pyridine rings is 1. The molecule has 0 aliphatic rings. The normalized spacial score (nSPS) is 8.62. The fourth-order valence-corrected chi connectivity index (χ4v) is 1.63. The highest BCUT2D eigenvalue weighted by Gasteiger charge is 1.98. The first-order chi connectivity index (χ1) is 7.79. The van der Waals surface area contributed by atoms with E-state index in [9.17, 15) is 0 Å². The van der Waals surface area contributed by atoms with Crippen molar-refractivity contribution in [1.29, 1.82) is 0 Å². The summed E-state index contributed by atoms with van der Waals surface area (Å²) in [4.78, 5) is 4.15. The van der Waals surface area contributed by atoms with Gasteiger partial charge in [0, 0.05) is 17.8 Å². The van der Waals surface area contributed by atoms with E-state index < -0.39 is 0 Å². The van der Waals surface area contributed by atoms with Gasteiger partial charge in [-0.3, -0.25) is 4.98 Å². The number of nitrogens with zero attached hydrogens (tertiary/aromatic N) is 1. The minimum absolute atomic E-state index is 1.23. The van der Waals surface area contributed by atoms with Crippen molar-refractivity contribution in [2.24, 2.45) is 0 Å². The largest absolute Gasteiger partial charge is 0.264 e. The average Bonchev–Trinajstić information content (AvgIpc) is 2.34. The summed E-state index contributed by atoms with van der Waals surface area (Å²) in [6.07, 6.45) is 3.82. The molecule has 0 atom stereocenters. The van der Waals surface area contributed by atoms with Crippen LogP contribution >= 0.6 is 0 Å². The summed E-state index contributed by atoms with van der Waals surface area (Å²) in [5.41, 5.74) is 2.58. The number of fused-ring (bicyclic) bond motifs is 1. The van der Waals surface area contributed by atoms with Gasteiger partial charge in [0.15, 0.2) is 0 Å². The Labute approximate surface area is 99.5 Å². The van der Waals surface area contributed by atoms with Crippen LogP contribution in [0.5, 0.6) is 0 Å². The first-order valence-electron chi connectivity index (χ1n) is 6.09. The Morgan fingerprint density at radius 1 is 0.812 bits per heavy atom. The van der Waals surface area contributed by atoms with E-state index in [-0.39, 0.29) is 0 Å². The quantitative estimate of drug-likeness (QED) is 0.611. The number of aryl methyl sites for hydroxylation is 2. The number of aromatic nitrogens is 1. The summed E-state index contributed by atoms with van der Waals surface area (Å²) in [5.74, 6) is 0. The van der Waals surface area contributed by atoms with Gasteiger partial charge < -0.3 is 0 Å². The summed E-state index contributed by atoms with van der Waals surface area (Å²) in [6, 6.07) is 6.30. The summed E-state index contributed by atoms with van der Waals surface area (Å²) < 4.78 is 0. The van der Waals surface area contributed by atoms with E-state index in [0.717, 1.165) is 0 Å². The molecule has 0 unspecified atom stereocenters. The van der Waals surface area contributed by atoms with Crippen LogP contribution in [-0.4, -0.2) is 4.98 Å². The van der Waals surface area contributed by atoms with E-state index in [1.165, 1.54) is 21.9 Å². The molecule has 0 aliphatic carbocycles. The maximum absolute atomic E-state index is 4.15. The van der Waals surface area contributed by atoms with Crippen LogP contribution in [-0.2, 0) is 0 Å². The van der Waals surface area contributed by atoms with Gasteiger partial charge in [0.25, 0.3) is 0 Å². The van der Waals surface area contributed by atoms with Crippen molar-refractivity contribution < 1.29 is 0 Å². The summed E-state index contributed by atoms with van der Waals surface area (Å²) in [7, 11) is 0. The van der Waals surface area contributed by atoms with Crippen molar-refractivity contribution in [2.45, 2.75) is 41.5 Å². The lowest BCUT2D eigenvalue weighted by molar-refractivity contribution is 1.30. The fraction of sp³-hybridized carbons (Fsp3) is 0.400. The highest BCUT2D eigenvalue weighted by atomic mass is 14.6. The smallest absolute Gasteiger partial charge is 0.0346 e. The molecule has 1 aromatic carbocycles. The molecule has 0 N–H and O–H groups in total. The van der Waals surface area contributed by atoms with E-state index in [1.54, 1.807) is 0 Å². The average molecular weight is 217 g/mol. The third-order valence-corrected chi connectivity index (χ3v) is 2.18. The topological polar surface area (TPSA) is 12.9 Å². The zero-order valence-electron chi connectivity index (χ0n) is 11.3. The van der Waals surface area contributed by atoms with Gasteiger partial charge in [0.1, 0.15) is 0 Å². The van der Waals surface area contributed by atoms with E-state index >= 15 is 0 Å². The Morgan fingerprint density at radius 2 is 1.44 bits per heavy atom. The molecule has 0 saturated heterocycles. The highest BCUT2D eigenvalue weighted by Crippen LogP contribution is 2.19. The summed E-state index contributed by atoms with van der Waals surface area (Å²) in [6.45, 7) is 12.2. The highest BCUT2D eigenvalue weighted by molar-refractivity contribution is 5.87. The first kappa shape index (κ1) is 14.6. The standard InChI is InChI=1S/C11H11N.2C2H6/c1-8-4-3-5-10-7-12-6-9(2)11(8)10;2*1-2/h3-7H,1-2H3;2*1-2H3. The Balaban J connectivity index is 0.000000509. The molecular weight excluding hydrogens is 194 g/mol. The van der Waals surface area contributed by atoms with Gasteiger partial charge in [-0.25, -0.2) is 0 Å². The molecule has 0 saturated carbocycles. The van der Waals surface area contributed by atoms with Crippen LogP contribution in [0.15, 0.2) is 30.6 Å². The molecule has 0 radical (unpaired) electrons. The Hall–Kier alpha value is -1.37. The molecule has 88 valence electrons. The molecule has 0 amide bonds. The molecule has 2 rings (SSSR count). The van der Waals surface area contributed by atoms with Crippen molar-refractivity contribution in [3.63, 3.8) is 0 Å². The maximum Gasteiger partial charge on any atom is 0.0346 e. The number of hydrogen-bond acceptors (Lipinski definition) is 1. The van der Waals surface area contributed by atoms with Crippen LogP contribution in [0.3, 0.4) is 0 Å². The van der Waals surface area contributed by atoms with E-state index in [2.05, 4.69) is 37.0 Å². The van der Waals surface area contributed by atoms with Crippen molar-refractivity contribution in [3.8, 4) is 0 Å². The molecule has 0 aliphatic heterocycles. The third-order valence-electron chi connectivity index (χ3n) is 2.18. The SMILES string of the molecule is CC.CC.Cc1cccc2cncc(C)c12. The van der Waals surface area contributed by atoms with Crippen molar-refractivity contribution >= 4 is 10.8 Å². The number of hydrogen-bond donors (Lipinski definition) is 0. The summed E-state index contributed by atoms with van der Waals surface area (Å²) >= 11 is 0. The van der Waals surface area contributed by atoms with Crippen LogP contribution in [0.4, 0.5) is 0 Å². The molecule has 16 heavy (non-hydrogen) atoms. The zero-order chi connectivity index (χ0) is 12.6. The Kier molecular flexibility index (Phi) is 7.19.